The van der Waals surface area contributed by atoms with Crippen LogP contribution in [0.5, 0.6) is 0 Å². The van der Waals surface area contributed by atoms with Gasteiger partial charge in [0.25, 0.3) is 0 Å². The first-order chi connectivity index (χ1) is 6.25. The molecule has 0 aromatic heterocycles. The predicted molar refractivity (Wildman–Crippen MR) is 55.1 cm³/mol. The van der Waals surface area contributed by atoms with E-state index in [-0.39, 0.29) is 12.5 Å². The van der Waals surface area contributed by atoms with Crippen LogP contribution in [-0.4, -0.2) is 30.4 Å². The molecule has 0 aliphatic rings. The second kappa shape index (κ2) is 5.78. The summed E-state index contributed by atoms with van der Waals surface area (Å²) in [4.78, 5) is 10.9. The lowest BCUT2D eigenvalue weighted by molar-refractivity contribution is -0.146. The van der Waals surface area contributed by atoms with Crippen LogP contribution < -0.4 is 0 Å². The molecule has 84 valence electrons. The first-order valence-electron chi connectivity index (χ1n) is 3.95. The molecule has 0 aromatic rings. The molecule has 0 N–H and O–H groups in total. The molecule has 0 aromatic carbocycles. The zero-order valence-corrected chi connectivity index (χ0v) is 10.2. The maximum Gasteiger partial charge on any atom is 0.307 e. The monoisotopic (exact) mass is 262 g/mol. The van der Waals surface area contributed by atoms with Crippen LogP contribution in [0.25, 0.3) is 0 Å². The Morgan fingerprint density at radius 3 is 2.21 bits per heavy atom. The van der Waals surface area contributed by atoms with Crippen LogP contribution in [0, 0.1) is 0 Å². The molecule has 0 aliphatic heterocycles. The van der Waals surface area contributed by atoms with Gasteiger partial charge in [-0.05, 0) is 13.8 Å². The summed E-state index contributed by atoms with van der Waals surface area (Å²) in [6.07, 6.45) is -0.482. The standard InChI is InChI=1S/C7H12Cl2O4S/c1-5(2)13-6(10)3-4-14(11,12)7(8)9/h5,7H,3-4H2,1-2H3. The van der Waals surface area contributed by atoms with E-state index in [1.165, 1.54) is 0 Å². The predicted octanol–water partition coefficient (Wildman–Crippen LogP) is 1.50. The third-order valence-corrected chi connectivity index (χ3v) is 4.17. The molecule has 0 aliphatic carbocycles. The van der Waals surface area contributed by atoms with Gasteiger partial charge in [-0.3, -0.25) is 4.79 Å². The lowest BCUT2D eigenvalue weighted by Gasteiger charge is -2.08. The summed E-state index contributed by atoms with van der Waals surface area (Å²) in [6, 6.07) is 0. The molecule has 0 saturated carbocycles. The van der Waals surface area contributed by atoms with E-state index in [9.17, 15) is 13.2 Å². The number of alkyl halides is 2. The maximum atomic E-state index is 11.0. The van der Waals surface area contributed by atoms with Crippen molar-refractivity contribution in [2.24, 2.45) is 0 Å². The van der Waals surface area contributed by atoms with Gasteiger partial charge in [0.15, 0.2) is 9.84 Å². The van der Waals surface area contributed by atoms with E-state index in [0.717, 1.165) is 0 Å². The Labute approximate surface area is 93.4 Å². The van der Waals surface area contributed by atoms with E-state index in [4.69, 9.17) is 27.9 Å². The fraction of sp³-hybridized carbons (Fsp3) is 0.857. The van der Waals surface area contributed by atoms with Crippen molar-refractivity contribution >= 4 is 39.0 Å². The summed E-state index contributed by atoms with van der Waals surface area (Å²) >= 11 is 10.4. The van der Waals surface area contributed by atoms with Gasteiger partial charge < -0.3 is 4.74 Å². The van der Waals surface area contributed by atoms with Gasteiger partial charge in [-0.25, -0.2) is 8.42 Å². The minimum Gasteiger partial charge on any atom is -0.463 e. The molecule has 0 fully saturated rings. The molecule has 14 heavy (non-hydrogen) atoms. The lowest BCUT2D eigenvalue weighted by Crippen LogP contribution is -2.19. The zero-order valence-electron chi connectivity index (χ0n) is 7.87. The van der Waals surface area contributed by atoms with Gasteiger partial charge in [0.2, 0.25) is 4.17 Å². The van der Waals surface area contributed by atoms with Gasteiger partial charge in [-0.15, -0.1) is 0 Å². The summed E-state index contributed by atoms with van der Waals surface area (Å²) in [5.74, 6) is -0.964. The Hall–Kier alpha value is -0.000000000000000111. The average molecular weight is 263 g/mol. The van der Waals surface area contributed by atoms with Crippen molar-refractivity contribution in [1.82, 2.24) is 0 Å². The number of carbonyl (C=O) groups is 1. The number of hydrogen-bond acceptors (Lipinski definition) is 4. The van der Waals surface area contributed by atoms with Crippen LogP contribution >= 0.6 is 23.2 Å². The largest absolute Gasteiger partial charge is 0.463 e. The van der Waals surface area contributed by atoms with Gasteiger partial charge in [0, 0.05) is 0 Å². The Morgan fingerprint density at radius 1 is 1.36 bits per heavy atom. The van der Waals surface area contributed by atoms with Gasteiger partial charge in [0.1, 0.15) is 0 Å². The molecule has 0 bridgehead atoms. The van der Waals surface area contributed by atoms with Gasteiger partial charge in [0.05, 0.1) is 18.3 Å². The summed E-state index contributed by atoms with van der Waals surface area (Å²) in [7, 11) is -3.60. The van der Waals surface area contributed by atoms with Gasteiger partial charge >= 0.3 is 5.97 Å². The fourth-order valence-electron chi connectivity index (χ4n) is 0.636. The SMILES string of the molecule is CC(C)OC(=O)CCS(=O)(=O)C(Cl)Cl. The average Bonchev–Trinajstić information content (AvgIpc) is 1.99. The minimum atomic E-state index is -3.60. The summed E-state index contributed by atoms with van der Waals surface area (Å²) < 4.78 is 25.3. The number of carbonyl (C=O) groups excluding carboxylic acids is 1. The molecular weight excluding hydrogens is 251 g/mol. The molecule has 0 radical (unpaired) electrons. The summed E-state index contributed by atoms with van der Waals surface area (Å²) in [5, 5.41) is 0. The highest BCUT2D eigenvalue weighted by atomic mass is 35.5. The number of rotatable bonds is 5. The Morgan fingerprint density at radius 2 is 1.86 bits per heavy atom. The summed E-state index contributed by atoms with van der Waals surface area (Å²) in [5.41, 5.74) is 0. The Bertz CT molecular complexity index is 284. The molecule has 0 rings (SSSR count). The zero-order chi connectivity index (χ0) is 11.4. The Balaban J connectivity index is 4.01. The summed E-state index contributed by atoms with van der Waals surface area (Å²) in [6.45, 7) is 3.36. The van der Waals surface area contributed by atoms with Crippen molar-refractivity contribution in [3.63, 3.8) is 0 Å². The third kappa shape index (κ3) is 5.67. The van der Waals surface area contributed by atoms with Crippen molar-refractivity contribution in [3.8, 4) is 0 Å². The van der Waals surface area contributed by atoms with E-state index in [0.29, 0.717) is 0 Å². The van der Waals surface area contributed by atoms with E-state index in [2.05, 4.69) is 0 Å². The molecule has 0 amide bonds. The number of sulfone groups is 1. The van der Waals surface area contributed by atoms with Crippen molar-refractivity contribution < 1.29 is 17.9 Å². The van der Waals surface area contributed by atoms with Crippen LogP contribution in [0.15, 0.2) is 0 Å². The van der Waals surface area contributed by atoms with Crippen LogP contribution in [0.3, 0.4) is 0 Å². The second-order valence-corrected chi connectivity index (χ2v) is 6.74. The highest BCUT2D eigenvalue weighted by Gasteiger charge is 2.22. The molecule has 0 heterocycles. The number of esters is 1. The van der Waals surface area contributed by atoms with Crippen LogP contribution in [0.1, 0.15) is 20.3 Å². The van der Waals surface area contributed by atoms with E-state index >= 15 is 0 Å². The van der Waals surface area contributed by atoms with Crippen molar-refractivity contribution in [1.29, 1.82) is 0 Å². The molecule has 0 atom stereocenters. The van der Waals surface area contributed by atoms with Crippen molar-refractivity contribution in [2.75, 3.05) is 5.75 Å². The quantitative estimate of drug-likeness (QED) is 0.557. The van der Waals surface area contributed by atoms with Crippen molar-refractivity contribution in [2.45, 2.75) is 30.5 Å². The smallest absolute Gasteiger partial charge is 0.307 e. The lowest BCUT2D eigenvalue weighted by atomic mass is 10.4. The first kappa shape index (κ1) is 14.0. The topological polar surface area (TPSA) is 60.4 Å². The normalized spacial score (nSPS) is 12.1. The Kier molecular flexibility index (Phi) is 5.78. The third-order valence-electron chi connectivity index (χ3n) is 1.23. The van der Waals surface area contributed by atoms with E-state index in [1.807, 2.05) is 0 Å². The molecule has 0 unspecified atom stereocenters. The maximum absolute atomic E-state index is 11.0. The highest BCUT2D eigenvalue weighted by molar-refractivity contribution is 7.94. The number of halogens is 2. The number of ether oxygens (including phenoxy) is 1. The first-order valence-corrected chi connectivity index (χ1v) is 6.53. The van der Waals surface area contributed by atoms with Gasteiger partial charge in [-0.2, -0.15) is 0 Å². The molecule has 7 heteroatoms. The van der Waals surface area contributed by atoms with Crippen LogP contribution in [0.2, 0.25) is 0 Å². The number of hydrogen-bond donors (Lipinski definition) is 0. The minimum absolute atomic E-state index is 0.226. The molecule has 4 nitrogen and oxygen atoms in total. The van der Waals surface area contributed by atoms with E-state index in [1.54, 1.807) is 13.8 Å². The van der Waals surface area contributed by atoms with Crippen molar-refractivity contribution in [3.05, 3.63) is 0 Å². The van der Waals surface area contributed by atoms with Crippen LogP contribution in [0.4, 0.5) is 0 Å². The molecule has 0 saturated heterocycles. The van der Waals surface area contributed by atoms with Gasteiger partial charge in [-0.1, -0.05) is 23.2 Å². The highest BCUT2D eigenvalue weighted by Crippen LogP contribution is 2.13. The van der Waals surface area contributed by atoms with E-state index < -0.39 is 25.7 Å². The second-order valence-electron chi connectivity index (χ2n) is 2.92. The van der Waals surface area contributed by atoms with Crippen LogP contribution in [-0.2, 0) is 19.4 Å². The molecular formula is C7H12Cl2O4S. The molecule has 0 spiro atoms. The fourth-order valence-corrected chi connectivity index (χ4v) is 1.80.